The molecule has 1 aliphatic rings. The topological polar surface area (TPSA) is 75.4 Å². The van der Waals surface area contributed by atoms with Crippen LogP contribution in [0.15, 0.2) is 11.2 Å². The number of aryl methyl sites for hydroxylation is 1. The minimum atomic E-state index is -3.61. The van der Waals surface area contributed by atoms with E-state index in [0.717, 1.165) is 0 Å². The van der Waals surface area contributed by atoms with Crippen molar-refractivity contribution in [1.29, 1.82) is 0 Å². The fourth-order valence-corrected chi connectivity index (χ4v) is 4.11. The van der Waals surface area contributed by atoms with Crippen LogP contribution in [0.2, 0.25) is 5.02 Å². The van der Waals surface area contributed by atoms with Gasteiger partial charge in [0.25, 0.3) is 10.0 Å². The molecule has 1 fully saturated rings. The first-order valence-corrected chi connectivity index (χ1v) is 7.07. The maximum atomic E-state index is 12.3. The van der Waals surface area contributed by atoms with Gasteiger partial charge in [0.2, 0.25) is 0 Å². The Balaban J connectivity index is 2.32. The van der Waals surface area contributed by atoms with Crippen LogP contribution in [0, 0.1) is 5.92 Å². The largest absolute Gasteiger partial charge is 0.396 e. The Morgan fingerprint density at radius 2 is 2.35 bits per heavy atom. The van der Waals surface area contributed by atoms with Crippen molar-refractivity contribution in [1.82, 2.24) is 14.1 Å². The lowest BCUT2D eigenvalue weighted by atomic mass is 10.1. The average molecular weight is 280 g/mol. The van der Waals surface area contributed by atoms with Crippen molar-refractivity contribution >= 4 is 21.6 Å². The van der Waals surface area contributed by atoms with Gasteiger partial charge in [-0.15, -0.1) is 0 Å². The van der Waals surface area contributed by atoms with Crippen LogP contribution in [0.25, 0.3) is 0 Å². The van der Waals surface area contributed by atoms with Gasteiger partial charge in [-0.1, -0.05) is 11.6 Å². The molecule has 0 aromatic carbocycles. The van der Waals surface area contributed by atoms with Crippen molar-refractivity contribution in [2.75, 3.05) is 19.7 Å². The molecule has 0 saturated carbocycles. The molecule has 96 valence electrons. The summed E-state index contributed by atoms with van der Waals surface area (Å²) in [6.45, 7) is 0.751. The average Bonchev–Trinajstić information content (AvgIpc) is 2.85. The molecule has 0 bridgehead atoms. The van der Waals surface area contributed by atoms with Crippen molar-refractivity contribution in [3.05, 3.63) is 11.2 Å². The summed E-state index contributed by atoms with van der Waals surface area (Å²) in [6.07, 6.45) is 1.99. The van der Waals surface area contributed by atoms with Crippen LogP contribution in [-0.4, -0.2) is 47.3 Å². The molecule has 1 aromatic heterocycles. The normalized spacial score (nSPS) is 22.2. The zero-order chi connectivity index (χ0) is 12.6. The van der Waals surface area contributed by atoms with Gasteiger partial charge in [0, 0.05) is 26.7 Å². The number of aliphatic hydroxyl groups excluding tert-OH is 1. The molecule has 1 unspecified atom stereocenters. The molecular formula is C9H14ClN3O3S. The number of hydrogen-bond acceptors (Lipinski definition) is 4. The van der Waals surface area contributed by atoms with E-state index in [2.05, 4.69) is 5.10 Å². The molecule has 0 aliphatic carbocycles. The fraction of sp³-hybridized carbons (Fsp3) is 0.667. The standard InChI is InChI=1S/C9H14ClN3O3S/c1-12-9(8(10)4-11-12)17(15,16)13-3-2-7(5-13)6-14/h4,7,14H,2-3,5-6H2,1H3. The van der Waals surface area contributed by atoms with E-state index in [0.29, 0.717) is 19.5 Å². The molecule has 0 spiro atoms. The van der Waals surface area contributed by atoms with Crippen LogP contribution in [0.3, 0.4) is 0 Å². The second-order valence-corrected chi connectivity index (χ2v) is 6.38. The molecule has 1 aromatic rings. The molecule has 1 atom stereocenters. The van der Waals surface area contributed by atoms with Crippen molar-refractivity contribution in [3.63, 3.8) is 0 Å². The van der Waals surface area contributed by atoms with E-state index < -0.39 is 10.0 Å². The first-order chi connectivity index (χ1) is 7.96. The summed E-state index contributed by atoms with van der Waals surface area (Å²) in [6, 6.07) is 0. The molecule has 1 aliphatic heterocycles. The Morgan fingerprint density at radius 1 is 1.65 bits per heavy atom. The number of aromatic nitrogens is 2. The van der Waals surface area contributed by atoms with Gasteiger partial charge in [0.1, 0.15) is 0 Å². The van der Waals surface area contributed by atoms with Crippen molar-refractivity contribution in [3.8, 4) is 0 Å². The number of nitrogens with zero attached hydrogens (tertiary/aromatic N) is 3. The highest BCUT2D eigenvalue weighted by Crippen LogP contribution is 2.27. The SMILES string of the molecule is Cn1ncc(Cl)c1S(=O)(=O)N1CCC(CO)C1. The summed E-state index contributed by atoms with van der Waals surface area (Å²) >= 11 is 5.84. The van der Waals surface area contributed by atoms with Crippen LogP contribution in [0.5, 0.6) is 0 Å². The third-order valence-electron chi connectivity index (χ3n) is 2.93. The van der Waals surface area contributed by atoms with Crippen LogP contribution in [0.4, 0.5) is 0 Å². The van der Waals surface area contributed by atoms with Gasteiger partial charge in [-0.25, -0.2) is 8.42 Å². The highest BCUT2D eigenvalue weighted by atomic mass is 35.5. The Kier molecular flexibility index (Phi) is 3.44. The molecule has 6 nitrogen and oxygen atoms in total. The molecule has 0 radical (unpaired) electrons. The summed E-state index contributed by atoms with van der Waals surface area (Å²) in [5.74, 6) is 0.0109. The summed E-state index contributed by atoms with van der Waals surface area (Å²) < 4.78 is 27.2. The van der Waals surface area contributed by atoms with Gasteiger partial charge in [-0.2, -0.15) is 9.40 Å². The Bertz CT molecular complexity index is 494. The van der Waals surface area contributed by atoms with E-state index >= 15 is 0 Å². The number of aliphatic hydroxyl groups is 1. The predicted molar refractivity (Wildman–Crippen MR) is 62.2 cm³/mol. The van der Waals surface area contributed by atoms with Crippen LogP contribution >= 0.6 is 11.6 Å². The van der Waals surface area contributed by atoms with Gasteiger partial charge in [-0.3, -0.25) is 4.68 Å². The van der Waals surface area contributed by atoms with E-state index in [-0.39, 0.29) is 22.6 Å². The lowest BCUT2D eigenvalue weighted by Crippen LogP contribution is -2.31. The summed E-state index contributed by atoms with van der Waals surface area (Å²) in [5, 5.41) is 13.0. The maximum Gasteiger partial charge on any atom is 0.261 e. The highest BCUT2D eigenvalue weighted by Gasteiger charge is 2.35. The van der Waals surface area contributed by atoms with E-state index in [9.17, 15) is 8.42 Å². The van der Waals surface area contributed by atoms with Crippen LogP contribution < -0.4 is 0 Å². The first-order valence-electron chi connectivity index (χ1n) is 5.25. The number of rotatable bonds is 3. The van der Waals surface area contributed by atoms with Gasteiger partial charge in [0.05, 0.1) is 11.2 Å². The zero-order valence-corrected chi connectivity index (χ0v) is 10.9. The van der Waals surface area contributed by atoms with E-state index in [4.69, 9.17) is 16.7 Å². The second kappa shape index (κ2) is 4.56. The molecule has 2 heterocycles. The minimum absolute atomic E-state index is 0.00510. The smallest absolute Gasteiger partial charge is 0.261 e. The lowest BCUT2D eigenvalue weighted by Gasteiger charge is -2.16. The third kappa shape index (κ3) is 2.20. The molecule has 2 rings (SSSR count). The molecule has 8 heteroatoms. The van der Waals surface area contributed by atoms with Crippen LogP contribution in [-0.2, 0) is 17.1 Å². The van der Waals surface area contributed by atoms with Gasteiger partial charge in [-0.05, 0) is 12.3 Å². The Hall–Kier alpha value is -0.630. The van der Waals surface area contributed by atoms with E-state index in [1.165, 1.54) is 15.2 Å². The first kappa shape index (κ1) is 12.8. The molecular weight excluding hydrogens is 266 g/mol. The van der Waals surface area contributed by atoms with Gasteiger partial charge < -0.3 is 5.11 Å². The quantitative estimate of drug-likeness (QED) is 0.850. The lowest BCUT2D eigenvalue weighted by molar-refractivity contribution is 0.233. The molecule has 0 amide bonds. The van der Waals surface area contributed by atoms with Gasteiger partial charge in [0.15, 0.2) is 5.03 Å². The van der Waals surface area contributed by atoms with Crippen molar-refractivity contribution < 1.29 is 13.5 Å². The van der Waals surface area contributed by atoms with Crippen molar-refractivity contribution in [2.24, 2.45) is 13.0 Å². The number of halogens is 1. The summed E-state index contributed by atoms with van der Waals surface area (Å²) in [4.78, 5) is 0. The molecule has 1 N–H and O–H groups in total. The summed E-state index contributed by atoms with van der Waals surface area (Å²) in [5.41, 5.74) is 0. The monoisotopic (exact) mass is 279 g/mol. The Labute approximate surface area is 105 Å². The Morgan fingerprint density at radius 3 is 2.82 bits per heavy atom. The maximum absolute atomic E-state index is 12.3. The fourth-order valence-electron chi connectivity index (χ4n) is 1.98. The second-order valence-electron chi connectivity index (χ2n) is 4.12. The third-order valence-corrected chi connectivity index (χ3v) is 5.31. The highest BCUT2D eigenvalue weighted by molar-refractivity contribution is 7.89. The molecule has 17 heavy (non-hydrogen) atoms. The molecule has 1 saturated heterocycles. The minimum Gasteiger partial charge on any atom is -0.396 e. The predicted octanol–water partition coefficient (Wildman–Crippen LogP) is 0.0764. The van der Waals surface area contributed by atoms with E-state index in [1.807, 2.05) is 0 Å². The zero-order valence-electron chi connectivity index (χ0n) is 9.37. The van der Waals surface area contributed by atoms with Crippen LogP contribution in [0.1, 0.15) is 6.42 Å². The summed E-state index contributed by atoms with van der Waals surface area (Å²) in [7, 11) is -2.07. The number of hydrogen-bond donors (Lipinski definition) is 1. The van der Waals surface area contributed by atoms with Crippen molar-refractivity contribution in [2.45, 2.75) is 11.4 Å². The number of sulfonamides is 1. The van der Waals surface area contributed by atoms with Gasteiger partial charge >= 0.3 is 0 Å². The van der Waals surface area contributed by atoms with E-state index in [1.54, 1.807) is 7.05 Å².